The predicted octanol–water partition coefficient (Wildman–Crippen LogP) is 4.86. The van der Waals surface area contributed by atoms with Gasteiger partial charge in [-0.1, -0.05) is 36.4 Å². The zero-order valence-corrected chi connectivity index (χ0v) is 21.5. The molecule has 2 aliphatic heterocycles. The van der Waals surface area contributed by atoms with Gasteiger partial charge in [0.1, 0.15) is 17.7 Å². The molecule has 8 heteroatoms. The Labute approximate surface area is 217 Å². The second-order valence-electron chi connectivity index (χ2n) is 10.1. The summed E-state index contributed by atoms with van der Waals surface area (Å²) in [5.41, 5.74) is 1.32. The Morgan fingerprint density at radius 3 is 2.59 bits per heavy atom. The largest absolute Gasteiger partial charge is 0.488 e. The number of piperidine rings is 1. The van der Waals surface area contributed by atoms with Crippen LogP contribution in [0.3, 0.4) is 0 Å². The molecule has 8 nitrogen and oxygen atoms in total. The number of fused-ring (bicyclic) bond motifs is 1. The highest BCUT2D eigenvalue weighted by molar-refractivity contribution is 5.88. The molecule has 0 saturated carbocycles. The van der Waals surface area contributed by atoms with Gasteiger partial charge in [-0.2, -0.15) is 0 Å². The number of likely N-dealkylation sites (tertiary alicyclic amines) is 1. The van der Waals surface area contributed by atoms with Crippen LogP contribution in [-0.2, 0) is 20.9 Å². The minimum absolute atomic E-state index is 0.0988. The standard InChI is InChI=1S/C29H36N2O6/c1-33-28(32)29(13-18-34-19-14-29)21-31-15-10-22(11-16-31)12-17-35-27-26-24(8-5-9-25(26)37-30-27)36-20-23-6-3-2-4-7-23/h2-9,22H,10-21H2,1H3. The Morgan fingerprint density at radius 2 is 1.84 bits per heavy atom. The van der Waals surface area contributed by atoms with Crippen LogP contribution in [0.15, 0.2) is 53.1 Å². The summed E-state index contributed by atoms with van der Waals surface area (Å²) in [4.78, 5) is 15.0. The lowest BCUT2D eigenvalue weighted by atomic mass is 9.79. The molecule has 3 heterocycles. The number of benzene rings is 2. The van der Waals surface area contributed by atoms with Gasteiger partial charge in [-0.05, 0) is 74.0 Å². The monoisotopic (exact) mass is 508 g/mol. The molecule has 2 aromatic carbocycles. The van der Waals surface area contributed by atoms with Gasteiger partial charge in [-0.3, -0.25) is 4.79 Å². The average molecular weight is 509 g/mol. The first-order valence-electron chi connectivity index (χ1n) is 13.2. The summed E-state index contributed by atoms with van der Waals surface area (Å²) in [7, 11) is 1.49. The van der Waals surface area contributed by atoms with Crippen LogP contribution in [0.2, 0.25) is 0 Å². The van der Waals surface area contributed by atoms with E-state index in [1.54, 1.807) is 0 Å². The van der Waals surface area contributed by atoms with E-state index < -0.39 is 5.41 Å². The number of hydrogen-bond donors (Lipinski definition) is 0. The fraction of sp³-hybridized carbons (Fsp3) is 0.517. The van der Waals surface area contributed by atoms with Crippen molar-refractivity contribution in [2.45, 2.75) is 38.7 Å². The lowest BCUT2D eigenvalue weighted by molar-refractivity contribution is -0.160. The molecule has 0 N–H and O–H groups in total. The molecule has 0 bridgehead atoms. The van der Waals surface area contributed by atoms with Crippen molar-refractivity contribution in [1.29, 1.82) is 0 Å². The van der Waals surface area contributed by atoms with Crippen LogP contribution in [0.5, 0.6) is 11.6 Å². The second-order valence-corrected chi connectivity index (χ2v) is 10.1. The fourth-order valence-corrected chi connectivity index (χ4v) is 5.48. The summed E-state index contributed by atoms with van der Waals surface area (Å²) in [5, 5.41) is 4.94. The van der Waals surface area contributed by atoms with E-state index in [2.05, 4.69) is 10.1 Å². The van der Waals surface area contributed by atoms with E-state index in [0.717, 1.165) is 62.7 Å². The third-order valence-corrected chi connectivity index (χ3v) is 7.73. The number of aromatic nitrogens is 1. The quantitative estimate of drug-likeness (QED) is 0.359. The van der Waals surface area contributed by atoms with Gasteiger partial charge in [0.2, 0.25) is 0 Å². The van der Waals surface area contributed by atoms with E-state index in [4.69, 9.17) is 23.5 Å². The Hall–Kier alpha value is -3.10. The molecule has 0 amide bonds. The summed E-state index contributed by atoms with van der Waals surface area (Å²) in [6, 6.07) is 15.8. The van der Waals surface area contributed by atoms with Crippen molar-refractivity contribution in [2.75, 3.05) is 46.6 Å². The maximum atomic E-state index is 12.6. The minimum Gasteiger partial charge on any atom is -0.488 e. The van der Waals surface area contributed by atoms with E-state index in [9.17, 15) is 4.79 Å². The van der Waals surface area contributed by atoms with Crippen molar-refractivity contribution in [3.63, 3.8) is 0 Å². The Bertz CT molecular complexity index is 1150. The van der Waals surface area contributed by atoms with Gasteiger partial charge < -0.3 is 28.4 Å². The third kappa shape index (κ3) is 6.08. The maximum Gasteiger partial charge on any atom is 0.313 e. The molecular formula is C29H36N2O6. The van der Waals surface area contributed by atoms with Gasteiger partial charge in [0.15, 0.2) is 5.58 Å². The number of nitrogens with zero attached hydrogens (tertiary/aromatic N) is 2. The van der Waals surface area contributed by atoms with Crippen LogP contribution < -0.4 is 9.47 Å². The molecule has 3 aromatic rings. The van der Waals surface area contributed by atoms with Crippen LogP contribution in [-0.4, -0.2) is 62.6 Å². The van der Waals surface area contributed by atoms with Gasteiger partial charge in [0, 0.05) is 19.8 Å². The molecule has 0 radical (unpaired) electrons. The van der Waals surface area contributed by atoms with Gasteiger partial charge in [-0.25, -0.2) is 0 Å². The summed E-state index contributed by atoms with van der Waals surface area (Å²) < 4.78 is 28.3. The molecule has 1 aromatic heterocycles. The molecule has 2 saturated heterocycles. The van der Waals surface area contributed by atoms with Crippen LogP contribution in [0, 0.1) is 11.3 Å². The van der Waals surface area contributed by atoms with Crippen molar-refractivity contribution in [3.05, 3.63) is 54.1 Å². The first-order chi connectivity index (χ1) is 18.2. The zero-order valence-electron chi connectivity index (χ0n) is 21.5. The van der Waals surface area contributed by atoms with Gasteiger partial charge in [0.25, 0.3) is 5.88 Å². The topological polar surface area (TPSA) is 83.3 Å². The molecule has 37 heavy (non-hydrogen) atoms. The number of esters is 1. The van der Waals surface area contributed by atoms with Gasteiger partial charge >= 0.3 is 5.97 Å². The Morgan fingerprint density at radius 1 is 1.05 bits per heavy atom. The molecule has 0 aliphatic carbocycles. The first-order valence-corrected chi connectivity index (χ1v) is 13.2. The fourth-order valence-electron chi connectivity index (χ4n) is 5.48. The number of ether oxygens (including phenoxy) is 4. The zero-order chi connectivity index (χ0) is 25.5. The lowest BCUT2D eigenvalue weighted by Gasteiger charge is -2.41. The Kier molecular flexibility index (Phi) is 8.26. The summed E-state index contributed by atoms with van der Waals surface area (Å²) >= 11 is 0. The first kappa shape index (κ1) is 25.5. The molecule has 0 unspecified atom stereocenters. The van der Waals surface area contributed by atoms with Crippen molar-refractivity contribution in [1.82, 2.24) is 10.1 Å². The van der Waals surface area contributed by atoms with Crippen LogP contribution in [0.25, 0.3) is 11.0 Å². The number of carbonyl (C=O) groups is 1. The molecule has 0 atom stereocenters. The van der Waals surface area contributed by atoms with E-state index in [1.807, 2.05) is 48.5 Å². The molecule has 0 spiro atoms. The van der Waals surface area contributed by atoms with E-state index >= 15 is 0 Å². The highest BCUT2D eigenvalue weighted by atomic mass is 16.5. The average Bonchev–Trinajstić information content (AvgIpc) is 3.37. The smallest absolute Gasteiger partial charge is 0.313 e. The third-order valence-electron chi connectivity index (χ3n) is 7.73. The van der Waals surface area contributed by atoms with Crippen molar-refractivity contribution in [2.24, 2.45) is 11.3 Å². The highest BCUT2D eigenvalue weighted by Crippen LogP contribution is 2.36. The number of carbonyl (C=O) groups excluding carboxylic acids is 1. The highest BCUT2D eigenvalue weighted by Gasteiger charge is 2.43. The van der Waals surface area contributed by atoms with Crippen LogP contribution in [0.1, 0.15) is 37.7 Å². The van der Waals surface area contributed by atoms with Crippen molar-refractivity contribution < 1.29 is 28.3 Å². The minimum atomic E-state index is -0.433. The SMILES string of the molecule is COC(=O)C1(CN2CCC(CCOc3noc4cccc(OCc5ccccc5)c34)CC2)CCOCC1. The van der Waals surface area contributed by atoms with E-state index in [1.165, 1.54) is 7.11 Å². The summed E-state index contributed by atoms with van der Waals surface area (Å²) in [5.74, 6) is 1.67. The van der Waals surface area contributed by atoms with Gasteiger partial charge in [0.05, 0.1) is 19.1 Å². The van der Waals surface area contributed by atoms with E-state index in [0.29, 0.717) is 49.6 Å². The molecule has 198 valence electrons. The van der Waals surface area contributed by atoms with Crippen molar-refractivity contribution in [3.8, 4) is 11.6 Å². The molecule has 5 rings (SSSR count). The number of methoxy groups -OCH3 is 1. The van der Waals surface area contributed by atoms with Crippen LogP contribution in [0.4, 0.5) is 0 Å². The number of hydrogen-bond acceptors (Lipinski definition) is 8. The predicted molar refractivity (Wildman–Crippen MR) is 139 cm³/mol. The molecule has 2 fully saturated rings. The number of rotatable bonds is 10. The van der Waals surface area contributed by atoms with E-state index in [-0.39, 0.29) is 5.97 Å². The van der Waals surface area contributed by atoms with Crippen molar-refractivity contribution >= 4 is 16.9 Å². The lowest BCUT2D eigenvalue weighted by Crippen LogP contribution is -2.49. The molecule has 2 aliphatic rings. The second kappa shape index (κ2) is 12.0. The Balaban J connectivity index is 1.12. The summed E-state index contributed by atoms with van der Waals surface area (Å²) in [6.45, 7) is 5.00. The van der Waals surface area contributed by atoms with Crippen LogP contribution >= 0.6 is 0 Å². The summed E-state index contributed by atoms with van der Waals surface area (Å²) in [6.07, 6.45) is 4.59. The molecular weight excluding hydrogens is 472 g/mol. The normalized spacial score (nSPS) is 18.5. The maximum absolute atomic E-state index is 12.6. The van der Waals surface area contributed by atoms with Gasteiger partial charge in [-0.15, -0.1) is 0 Å².